The molecule has 11 nitrogen and oxygen atoms in total. The topological polar surface area (TPSA) is 140 Å². The Bertz CT molecular complexity index is 1990. The molecule has 0 atom stereocenters. The summed E-state index contributed by atoms with van der Waals surface area (Å²) in [5.74, 6) is -1.07. The average molecular weight is 661 g/mol. The second kappa shape index (κ2) is 13.0. The summed E-state index contributed by atoms with van der Waals surface area (Å²) in [5, 5.41) is 12.3. The molecular formula is C33H29ClN4O7S. The van der Waals surface area contributed by atoms with E-state index in [4.69, 9.17) is 21.3 Å². The molecular weight excluding hydrogens is 632 g/mol. The van der Waals surface area contributed by atoms with Crippen LogP contribution < -0.4 is 0 Å². The number of hydrogen-bond acceptors (Lipinski definition) is 8. The Morgan fingerprint density at radius 2 is 1.72 bits per heavy atom. The molecule has 236 valence electrons. The van der Waals surface area contributed by atoms with Crippen molar-refractivity contribution in [3.8, 4) is 0 Å². The van der Waals surface area contributed by atoms with Crippen LogP contribution in [0.25, 0.3) is 22.6 Å². The van der Waals surface area contributed by atoms with Gasteiger partial charge in [0.05, 0.1) is 26.6 Å². The van der Waals surface area contributed by atoms with Gasteiger partial charge in [-0.05, 0) is 72.4 Å². The van der Waals surface area contributed by atoms with E-state index in [1.54, 1.807) is 30.3 Å². The first-order valence-electron chi connectivity index (χ1n) is 14.7. The van der Waals surface area contributed by atoms with E-state index in [9.17, 15) is 28.1 Å². The molecule has 2 aliphatic rings. The van der Waals surface area contributed by atoms with Gasteiger partial charge in [0.1, 0.15) is 0 Å². The number of nitro benzene ring substituents is 1. The maximum atomic E-state index is 13.7. The molecule has 0 radical (unpaired) electrons. The number of sulfonamides is 1. The number of piperazine rings is 1. The van der Waals surface area contributed by atoms with E-state index in [1.165, 1.54) is 45.6 Å². The summed E-state index contributed by atoms with van der Waals surface area (Å²) in [7, 11) is -3.74. The zero-order valence-corrected chi connectivity index (χ0v) is 26.2. The van der Waals surface area contributed by atoms with Crippen LogP contribution in [0.1, 0.15) is 40.0 Å². The third-order valence-corrected chi connectivity index (χ3v) is 10.3. The first-order valence-corrected chi connectivity index (χ1v) is 16.5. The van der Waals surface area contributed by atoms with Crippen molar-refractivity contribution in [1.82, 2.24) is 14.2 Å². The van der Waals surface area contributed by atoms with Crippen LogP contribution in [0.2, 0.25) is 5.02 Å². The molecule has 0 spiro atoms. The van der Waals surface area contributed by atoms with Crippen LogP contribution in [0.5, 0.6) is 0 Å². The number of non-ortho nitro benzene ring substituents is 1. The molecule has 4 aromatic rings. The standard InChI is InChI=1S/C33H29ClN4O7S/c34-24-11-13-26(14-12-24)46(43,44)37-17-15-36(16-18-37)30(39)21-45-33(40)31-27-8-1-2-10-29(27)35-32-23(6-4-9-28(31)32)19-22-5-3-7-25(20-22)38(41)42/h1-3,5,7-8,10-14,19-20H,4,6,9,15-18,21H2. The Morgan fingerprint density at radius 1 is 0.978 bits per heavy atom. The number of fused-ring (bicyclic) bond motifs is 2. The number of hydrogen-bond donors (Lipinski definition) is 0. The Hall–Kier alpha value is -4.65. The van der Waals surface area contributed by atoms with Gasteiger partial charge in [-0.25, -0.2) is 18.2 Å². The Balaban J connectivity index is 1.19. The maximum Gasteiger partial charge on any atom is 0.339 e. The third-order valence-electron chi connectivity index (χ3n) is 8.17. The summed E-state index contributed by atoms with van der Waals surface area (Å²) in [6.07, 6.45) is 3.84. The van der Waals surface area contributed by atoms with Crippen LogP contribution in [-0.4, -0.2) is 72.2 Å². The summed E-state index contributed by atoms with van der Waals surface area (Å²) < 4.78 is 32.9. The molecule has 1 aliphatic heterocycles. The van der Waals surface area contributed by atoms with E-state index in [1.807, 2.05) is 12.1 Å². The number of allylic oxidation sites excluding steroid dienone is 1. The van der Waals surface area contributed by atoms with E-state index < -0.39 is 33.4 Å². The van der Waals surface area contributed by atoms with Gasteiger partial charge in [-0.15, -0.1) is 0 Å². The van der Waals surface area contributed by atoms with E-state index >= 15 is 0 Å². The summed E-state index contributed by atoms with van der Waals surface area (Å²) in [4.78, 5) is 44.1. The second-order valence-corrected chi connectivity index (χ2v) is 13.4. The number of pyridine rings is 1. The normalized spacial score (nSPS) is 16.3. The van der Waals surface area contributed by atoms with Gasteiger partial charge >= 0.3 is 5.97 Å². The van der Waals surface area contributed by atoms with Crippen molar-refractivity contribution < 1.29 is 27.7 Å². The number of para-hydroxylation sites is 1. The molecule has 13 heteroatoms. The highest BCUT2D eigenvalue weighted by molar-refractivity contribution is 7.89. The highest BCUT2D eigenvalue weighted by atomic mass is 35.5. The molecule has 6 rings (SSSR count). The molecule has 3 aromatic carbocycles. The summed E-state index contributed by atoms with van der Waals surface area (Å²) >= 11 is 5.89. The number of esters is 1. The lowest BCUT2D eigenvalue weighted by molar-refractivity contribution is -0.384. The molecule has 0 bridgehead atoms. The number of carbonyl (C=O) groups is 2. The number of benzene rings is 3. The molecule has 0 N–H and O–H groups in total. The molecule has 2 heterocycles. The largest absolute Gasteiger partial charge is 0.452 e. The summed E-state index contributed by atoms with van der Waals surface area (Å²) in [6.45, 7) is 0.0232. The van der Waals surface area contributed by atoms with Crippen LogP contribution >= 0.6 is 11.6 Å². The summed E-state index contributed by atoms with van der Waals surface area (Å²) in [6, 6.07) is 19.5. The minimum absolute atomic E-state index is 0.0182. The lowest BCUT2D eigenvalue weighted by Crippen LogP contribution is -2.51. The van der Waals surface area contributed by atoms with Gasteiger partial charge in [-0.2, -0.15) is 4.31 Å². The number of amides is 1. The SMILES string of the molecule is O=C(OCC(=O)N1CCN(S(=O)(=O)c2ccc(Cl)cc2)CC1)c1c2c(nc3ccccc13)C(=Cc1cccc([N+](=O)[O-])c1)CCC2. The Morgan fingerprint density at radius 3 is 2.46 bits per heavy atom. The van der Waals surface area contributed by atoms with E-state index in [0.29, 0.717) is 51.2 Å². The first-order chi connectivity index (χ1) is 22.1. The number of aromatic nitrogens is 1. The van der Waals surface area contributed by atoms with Crippen molar-refractivity contribution in [1.29, 1.82) is 0 Å². The van der Waals surface area contributed by atoms with Crippen molar-refractivity contribution in [3.63, 3.8) is 0 Å². The molecule has 1 saturated heterocycles. The van der Waals surface area contributed by atoms with Crippen molar-refractivity contribution >= 4 is 61.7 Å². The van der Waals surface area contributed by atoms with Crippen molar-refractivity contribution in [2.45, 2.75) is 24.2 Å². The van der Waals surface area contributed by atoms with Gasteiger partial charge in [0.25, 0.3) is 11.6 Å². The molecule has 0 unspecified atom stereocenters. The molecule has 1 amide bonds. The average Bonchev–Trinajstić information content (AvgIpc) is 3.06. The van der Waals surface area contributed by atoms with Gasteiger partial charge in [-0.1, -0.05) is 41.9 Å². The van der Waals surface area contributed by atoms with Gasteiger partial charge in [0, 0.05) is 48.7 Å². The Kier molecular flexibility index (Phi) is 8.85. The predicted molar refractivity (Wildman–Crippen MR) is 173 cm³/mol. The first kappa shape index (κ1) is 31.3. The summed E-state index contributed by atoms with van der Waals surface area (Å²) in [5.41, 5.74) is 3.76. The van der Waals surface area contributed by atoms with E-state index in [-0.39, 0.29) is 36.8 Å². The fourth-order valence-corrected chi connectivity index (χ4v) is 7.41. The minimum Gasteiger partial charge on any atom is -0.452 e. The molecule has 46 heavy (non-hydrogen) atoms. The van der Waals surface area contributed by atoms with E-state index in [2.05, 4.69) is 0 Å². The molecule has 1 aromatic heterocycles. The molecule has 0 saturated carbocycles. The number of halogens is 1. The maximum absolute atomic E-state index is 13.7. The highest BCUT2D eigenvalue weighted by Crippen LogP contribution is 2.36. The predicted octanol–water partition coefficient (Wildman–Crippen LogP) is 5.36. The van der Waals surface area contributed by atoms with Gasteiger partial charge < -0.3 is 9.64 Å². The van der Waals surface area contributed by atoms with E-state index in [0.717, 1.165) is 12.0 Å². The number of nitro groups is 1. The fourth-order valence-electron chi connectivity index (χ4n) is 5.86. The second-order valence-electron chi connectivity index (χ2n) is 11.0. The van der Waals surface area contributed by atoms with Crippen molar-refractivity contribution in [2.24, 2.45) is 0 Å². The molecule has 1 fully saturated rings. The fraction of sp³-hybridized carbons (Fsp3) is 0.242. The minimum atomic E-state index is -3.74. The Labute approximate surface area is 270 Å². The number of ether oxygens (including phenoxy) is 1. The van der Waals surface area contributed by atoms with Gasteiger partial charge in [-0.3, -0.25) is 14.9 Å². The lowest BCUT2D eigenvalue weighted by atomic mass is 9.86. The van der Waals surface area contributed by atoms with Crippen LogP contribution in [-0.2, 0) is 26.0 Å². The molecule has 1 aliphatic carbocycles. The smallest absolute Gasteiger partial charge is 0.339 e. The quantitative estimate of drug-likeness (QED) is 0.147. The zero-order chi connectivity index (χ0) is 32.4. The highest BCUT2D eigenvalue weighted by Gasteiger charge is 2.31. The van der Waals surface area contributed by atoms with Crippen LogP contribution in [0.4, 0.5) is 5.69 Å². The number of carbonyl (C=O) groups excluding carboxylic acids is 2. The number of nitrogens with zero attached hydrogens (tertiary/aromatic N) is 4. The zero-order valence-electron chi connectivity index (χ0n) is 24.6. The van der Waals surface area contributed by atoms with Crippen LogP contribution in [0.15, 0.2) is 77.7 Å². The van der Waals surface area contributed by atoms with Gasteiger partial charge in [0.2, 0.25) is 10.0 Å². The monoisotopic (exact) mass is 660 g/mol. The van der Waals surface area contributed by atoms with Crippen molar-refractivity contribution in [3.05, 3.63) is 110 Å². The number of rotatable bonds is 7. The van der Waals surface area contributed by atoms with Crippen molar-refractivity contribution in [2.75, 3.05) is 32.8 Å². The van der Waals surface area contributed by atoms with Crippen LogP contribution in [0.3, 0.4) is 0 Å². The van der Waals surface area contributed by atoms with Gasteiger partial charge in [0.15, 0.2) is 6.61 Å². The van der Waals surface area contributed by atoms with Crippen LogP contribution in [0, 0.1) is 10.1 Å². The lowest BCUT2D eigenvalue weighted by Gasteiger charge is -2.33. The third kappa shape index (κ3) is 6.37.